The van der Waals surface area contributed by atoms with Crippen molar-refractivity contribution in [2.24, 2.45) is 0 Å². The van der Waals surface area contributed by atoms with E-state index in [0.717, 1.165) is 44.6 Å². The molecule has 0 unspecified atom stereocenters. The van der Waals surface area contributed by atoms with Crippen LogP contribution >= 0.6 is 0 Å². The van der Waals surface area contributed by atoms with Crippen LogP contribution in [0.25, 0.3) is 39.1 Å². The second-order valence-corrected chi connectivity index (χ2v) is 9.65. The zero-order chi connectivity index (χ0) is 26.6. The van der Waals surface area contributed by atoms with E-state index < -0.39 is 0 Å². The second kappa shape index (κ2) is 10.7. The fourth-order valence-electron chi connectivity index (χ4n) is 5.21. The van der Waals surface area contributed by atoms with Gasteiger partial charge in [0, 0.05) is 22.8 Å². The Kier molecular flexibility index (Phi) is 6.67. The molecular weight excluding hydrogens is 474 g/mol. The van der Waals surface area contributed by atoms with Crippen molar-refractivity contribution in [3.8, 4) is 39.1 Å². The zero-order valence-corrected chi connectivity index (χ0v) is 21.8. The number of carbonyl (C=O) groups is 1. The molecule has 0 amide bonds. The van der Waals surface area contributed by atoms with Crippen molar-refractivity contribution < 1.29 is 9.36 Å². The highest BCUT2D eigenvalue weighted by Crippen LogP contribution is 2.42. The van der Waals surface area contributed by atoms with Gasteiger partial charge in [-0.2, -0.15) is 4.57 Å². The molecule has 0 N–H and O–H groups in total. The highest BCUT2D eigenvalue weighted by Gasteiger charge is 2.31. The van der Waals surface area contributed by atoms with Gasteiger partial charge in [-0.3, -0.25) is 4.79 Å². The molecule has 0 spiro atoms. The summed E-state index contributed by atoms with van der Waals surface area (Å²) in [7, 11) is 0. The summed E-state index contributed by atoms with van der Waals surface area (Å²) in [6.45, 7) is 2.09. The van der Waals surface area contributed by atoms with Crippen LogP contribution in [0.4, 0.5) is 0 Å². The van der Waals surface area contributed by atoms with Crippen LogP contribution in [0.5, 0.6) is 0 Å². The van der Waals surface area contributed by atoms with E-state index in [1.54, 1.807) is 0 Å². The summed E-state index contributed by atoms with van der Waals surface area (Å²) in [5.74, 6) is 0.00224. The summed E-state index contributed by atoms with van der Waals surface area (Å²) in [5, 5.41) is 0. The Labute approximate surface area is 229 Å². The molecule has 0 atom stereocenters. The van der Waals surface area contributed by atoms with Gasteiger partial charge in [0.15, 0.2) is 18.2 Å². The third-order valence-corrected chi connectivity index (χ3v) is 7.00. The highest BCUT2D eigenvalue weighted by molar-refractivity contribution is 6.18. The van der Waals surface area contributed by atoms with Crippen LogP contribution in [0.3, 0.4) is 0 Å². The van der Waals surface area contributed by atoms with E-state index in [0.29, 0.717) is 11.1 Å². The molecule has 0 saturated carbocycles. The number of benzene rings is 5. The maximum Gasteiger partial charge on any atom is 0.227 e. The Morgan fingerprint density at radius 1 is 0.564 bits per heavy atom. The molecule has 2 heteroatoms. The fourth-order valence-corrected chi connectivity index (χ4v) is 5.21. The standard InChI is InChI=1S/C37H28NO/c1-27-15-14-24-38(26-27)36-33(29-18-8-3-9-19-29)25-32(28-16-6-2-7-17-28)35(34(36)30-20-10-4-11-21-30)37(39)31-22-12-5-13-23-31/h2-26H,1H3/q+1. The molecule has 6 aromatic rings. The van der Waals surface area contributed by atoms with Gasteiger partial charge < -0.3 is 0 Å². The average Bonchev–Trinajstić information content (AvgIpc) is 3.01. The van der Waals surface area contributed by atoms with E-state index in [4.69, 9.17) is 0 Å². The van der Waals surface area contributed by atoms with Gasteiger partial charge in [0.05, 0.1) is 11.1 Å². The summed E-state index contributed by atoms with van der Waals surface area (Å²) in [6.07, 6.45) is 4.20. The lowest BCUT2D eigenvalue weighted by molar-refractivity contribution is -0.594. The molecule has 2 nitrogen and oxygen atoms in total. The molecule has 0 bridgehead atoms. The van der Waals surface area contributed by atoms with Gasteiger partial charge in [-0.1, -0.05) is 121 Å². The molecule has 0 aliphatic heterocycles. The van der Waals surface area contributed by atoms with E-state index in [1.165, 1.54) is 0 Å². The van der Waals surface area contributed by atoms with Crippen molar-refractivity contribution >= 4 is 5.78 Å². The Morgan fingerprint density at radius 3 is 1.64 bits per heavy atom. The highest BCUT2D eigenvalue weighted by atomic mass is 16.1. The summed E-state index contributed by atoms with van der Waals surface area (Å²) < 4.78 is 2.16. The monoisotopic (exact) mass is 502 g/mol. The smallest absolute Gasteiger partial charge is 0.227 e. The first-order valence-electron chi connectivity index (χ1n) is 13.2. The number of hydrogen-bond acceptors (Lipinski definition) is 1. The molecule has 1 aromatic heterocycles. The molecule has 0 aliphatic carbocycles. The zero-order valence-electron chi connectivity index (χ0n) is 21.8. The number of nitrogens with zero attached hydrogens (tertiary/aromatic N) is 1. The van der Waals surface area contributed by atoms with E-state index in [1.807, 2.05) is 72.8 Å². The van der Waals surface area contributed by atoms with Crippen LogP contribution in [0.1, 0.15) is 21.5 Å². The van der Waals surface area contributed by atoms with Crippen molar-refractivity contribution in [1.82, 2.24) is 0 Å². The lowest BCUT2D eigenvalue weighted by Gasteiger charge is -2.20. The lowest BCUT2D eigenvalue weighted by atomic mass is 9.82. The van der Waals surface area contributed by atoms with Gasteiger partial charge in [-0.05, 0) is 41.3 Å². The third kappa shape index (κ3) is 4.81. The molecule has 186 valence electrons. The SMILES string of the molecule is Cc1ccc[n+](-c2c(-c3ccccc3)cc(-c3ccccc3)c(C(=O)c3ccccc3)c2-c2ccccc2)c1. The van der Waals surface area contributed by atoms with E-state index in [9.17, 15) is 4.79 Å². The van der Waals surface area contributed by atoms with Crippen LogP contribution in [0, 0.1) is 6.92 Å². The maximum absolute atomic E-state index is 14.5. The summed E-state index contributed by atoms with van der Waals surface area (Å²) in [5.41, 5.74) is 9.47. The van der Waals surface area contributed by atoms with Crippen molar-refractivity contribution in [1.29, 1.82) is 0 Å². The van der Waals surface area contributed by atoms with Gasteiger partial charge in [0.1, 0.15) is 0 Å². The van der Waals surface area contributed by atoms with Crippen LogP contribution in [0.2, 0.25) is 0 Å². The Bertz CT molecular complexity index is 1740. The van der Waals surface area contributed by atoms with Crippen LogP contribution < -0.4 is 4.57 Å². The first-order chi connectivity index (χ1) is 19.2. The Hall–Kier alpha value is -5.08. The first kappa shape index (κ1) is 24.3. The van der Waals surface area contributed by atoms with Gasteiger partial charge in [-0.15, -0.1) is 0 Å². The molecule has 0 aliphatic rings. The largest absolute Gasteiger partial charge is 0.289 e. The molecule has 0 saturated heterocycles. The summed E-state index contributed by atoms with van der Waals surface area (Å²) in [4.78, 5) is 14.5. The number of ketones is 1. The molecule has 6 rings (SSSR count). The van der Waals surface area contributed by atoms with Crippen molar-refractivity contribution in [3.63, 3.8) is 0 Å². The van der Waals surface area contributed by atoms with Crippen LogP contribution in [0.15, 0.2) is 152 Å². The number of pyridine rings is 1. The maximum atomic E-state index is 14.5. The van der Waals surface area contributed by atoms with Crippen LogP contribution in [-0.2, 0) is 0 Å². The van der Waals surface area contributed by atoms with Gasteiger partial charge in [-0.25, -0.2) is 0 Å². The number of aromatic nitrogens is 1. The Morgan fingerprint density at radius 2 is 1.08 bits per heavy atom. The van der Waals surface area contributed by atoms with Crippen molar-refractivity contribution in [2.75, 3.05) is 0 Å². The third-order valence-electron chi connectivity index (χ3n) is 7.00. The van der Waals surface area contributed by atoms with E-state index >= 15 is 0 Å². The summed E-state index contributed by atoms with van der Waals surface area (Å²) >= 11 is 0. The minimum Gasteiger partial charge on any atom is -0.289 e. The fraction of sp³-hybridized carbons (Fsp3) is 0.0270. The van der Waals surface area contributed by atoms with E-state index in [2.05, 4.69) is 90.6 Å². The average molecular weight is 503 g/mol. The number of rotatable bonds is 6. The molecule has 0 fully saturated rings. The van der Waals surface area contributed by atoms with Crippen molar-refractivity contribution in [2.45, 2.75) is 6.92 Å². The van der Waals surface area contributed by atoms with Gasteiger partial charge in [0.25, 0.3) is 0 Å². The van der Waals surface area contributed by atoms with Crippen molar-refractivity contribution in [3.05, 3.63) is 169 Å². The topological polar surface area (TPSA) is 20.9 Å². The number of aryl methyl sites for hydroxylation is 1. The molecule has 1 heterocycles. The minimum atomic E-state index is 0.00224. The molecule has 0 radical (unpaired) electrons. The van der Waals surface area contributed by atoms with Gasteiger partial charge in [0.2, 0.25) is 5.69 Å². The number of carbonyl (C=O) groups excluding carboxylic acids is 1. The van der Waals surface area contributed by atoms with E-state index in [-0.39, 0.29) is 5.78 Å². The minimum absolute atomic E-state index is 0.00224. The number of hydrogen-bond donors (Lipinski definition) is 0. The Balaban J connectivity index is 1.83. The molecule has 5 aromatic carbocycles. The predicted octanol–water partition coefficient (Wildman–Crippen LogP) is 8.50. The summed E-state index contributed by atoms with van der Waals surface area (Å²) in [6, 6.07) is 46.9. The van der Waals surface area contributed by atoms with Crippen LogP contribution in [-0.4, -0.2) is 5.78 Å². The first-order valence-corrected chi connectivity index (χ1v) is 13.2. The van der Waals surface area contributed by atoms with Gasteiger partial charge >= 0.3 is 0 Å². The predicted molar refractivity (Wildman–Crippen MR) is 159 cm³/mol. The molecule has 39 heavy (non-hydrogen) atoms. The lowest BCUT2D eigenvalue weighted by Crippen LogP contribution is -2.32. The quantitative estimate of drug-likeness (QED) is 0.165. The molecular formula is C37H28NO+. The second-order valence-electron chi connectivity index (χ2n) is 9.65. The normalized spacial score (nSPS) is 10.8.